The van der Waals surface area contributed by atoms with E-state index in [1.54, 1.807) is 7.05 Å². The Kier molecular flexibility index (Phi) is 7.47. The van der Waals surface area contributed by atoms with Gasteiger partial charge in [-0.15, -0.1) is 0 Å². The first-order valence-corrected chi connectivity index (χ1v) is 9.74. The van der Waals surface area contributed by atoms with Crippen molar-refractivity contribution in [3.8, 4) is 0 Å². The van der Waals surface area contributed by atoms with Crippen LogP contribution in [0.15, 0.2) is 35.3 Å². The lowest BCUT2D eigenvalue weighted by molar-refractivity contribution is -0.117. The van der Waals surface area contributed by atoms with E-state index in [0.29, 0.717) is 18.9 Å². The van der Waals surface area contributed by atoms with E-state index >= 15 is 0 Å². The molecule has 2 saturated heterocycles. The van der Waals surface area contributed by atoms with Crippen LogP contribution >= 0.6 is 0 Å². The van der Waals surface area contributed by atoms with E-state index in [1.165, 1.54) is 0 Å². The summed E-state index contributed by atoms with van der Waals surface area (Å²) in [6.07, 6.45) is 2.49. The van der Waals surface area contributed by atoms with Gasteiger partial charge in [-0.05, 0) is 25.0 Å². The Morgan fingerprint density at radius 2 is 2.22 bits per heavy atom. The van der Waals surface area contributed by atoms with Gasteiger partial charge in [-0.25, -0.2) is 0 Å². The summed E-state index contributed by atoms with van der Waals surface area (Å²) in [7, 11) is 1.75. The molecule has 0 spiro atoms. The normalized spacial score (nSPS) is 23.1. The minimum atomic E-state index is 0.0579. The second-order valence-electron chi connectivity index (χ2n) is 7.04. The van der Waals surface area contributed by atoms with Crippen LogP contribution in [0.2, 0.25) is 0 Å². The summed E-state index contributed by atoms with van der Waals surface area (Å²) in [4.78, 5) is 18.4. The molecule has 2 aliphatic rings. The summed E-state index contributed by atoms with van der Waals surface area (Å²) in [6.45, 7) is 4.63. The van der Waals surface area contributed by atoms with Crippen LogP contribution in [-0.4, -0.2) is 64.5 Å². The first-order chi connectivity index (χ1) is 13.3. The zero-order valence-electron chi connectivity index (χ0n) is 16.0. The number of carbonyl (C=O) groups excluding carboxylic acids is 1. The summed E-state index contributed by atoms with van der Waals surface area (Å²) in [6, 6.07) is 9.84. The Bertz CT molecular complexity index is 617. The number of aliphatic imine (C=N–C) groups is 1. The van der Waals surface area contributed by atoms with Crippen molar-refractivity contribution in [1.82, 2.24) is 10.6 Å². The first-order valence-electron chi connectivity index (χ1n) is 9.74. The Morgan fingerprint density at radius 1 is 1.37 bits per heavy atom. The van der Waals surface area contributed by atoms with Gasteiger partial charge in [-0.3, -0.25) is 9.79 Å². The van der Waals surface area contributed by atoms with Gasteiger partial charge in [-0.2, -0.15) is 0 Å². The lowest BCUT2D eigenvalue weighted by Crippen LogP contribution is -2.45. The lowest BCUT2D eigenvalue weighted by atomic mass is 10.1. The highest BCUT2D eigenvalue weighted by Gasteiger charge is 2.30. The van der Waals surface area contributed by atoms with Crippen LogP contribution in [0.3, 0.4) is 0 Å². The fraction of sp³-hybridized carbons (Fsp3) is 0.600. The van der Waals surface area contributed by atoms with Crippen LogP contribution in [0.5, 0.6) is 0 Å². The number of amides is 1. The van der Waals surface area contributed by atoms with Crippen LogP contribution in [-0.2, 0) is 14.3 Å². The molecule has 0 bridgehead atoms. The van der Waals surface area contributed by atoms with Crippen LogP contribution in [0.4, 0.5) is 5.69 Å². The third kappa shape index (κ3) is 5.94. The molecule has 2 fully saturated rings. The number of anilines is 1. The van der Waals surface area contributed by atoms with E-state index in [2.05, 4.69) is 15.6 Å². The van der Waals surface area contributed by atoms with Crippen molar-refractivity contribution < 1.29 is 14.3 Å². The minimum absolute atomic E-state index is 0.0579. The van der Waals surface area contributed by atoms with Gasteiger partial charge < -0.3 is 25.0 Å². The molecule has 2 N–H and O–H groups in total. The molecule has 0 aromatic heterocycles. The van der Waals surface area contributed by atoms with E-state index < -0.39 is 0 Å². The van der Waals surface area contributed by atoms with E-state index in [1.807, 2.05) is 35.2 Å². The summed E-state index contributed by atoms with van der Waals surface area (Å²) < 4.78 is 11.1. The number of carbonyl (C=O) groups is 1. The van der Waals surface area contributed by atoms with Crippen molar-refractivity contribution in [1.29, 1.82) is 0 Å². The Hall–Kier alpha value is -2.12. The Labute approximate surface area is 161 Å². The van der Waals surface area contributed by atoms with Gasteiger partial charge in [0.1, 0.15) is 0 Å². The largest absolute Gasteiger partial charge is 0.381 e. The maximum absolute atomic E-state index is 12.3. The smallest absolute Gasteiger partial charge is 0.229 e. The fourth-order valence-corrected chi connectivity index (χ4v) is 3.40. The zero-order valence-corrected chi connectivity index (χ0v) is 16.0. The van der Waals surface area contributed by atoms with E-state index in [4.69, 9.17) is 9.47 Å². The molecular formula is C20H30N4O3. The Balaban J connectivity index is 1.33. The van der Waals surface area contributed by atoms with Crippen LogP contribution in [0, 0.1) is 5.92 Å². The number of hydrogen-bond acceptors (Lipinski definition) is 4. The Morgan fingerprint density at radius 3 is 2.96 bits per heavy atom. The molecule has 148 valence electrons. The van der Waals surface area contributed by atoms with Gasteiger partial charge in [-0.1, -0.05) is 18.2 Å². The summed E-state index contributed by atoms with van der Waals surface area (Å²) in [5.41, 5.74) is 0.944. The number of nitrogens with one attached hydrogen (secondary N) is 2. The highest BCUT2D eigenvalue weighted by Crippen LogP contribution is 2.20. The number of hydrogen-bond donors (Lipinski definition) is 2. The first kappa shape index (κ1) is 19.6. The molecule has 2 unspecified atom stereocenters. The SMILES string of the molecule is CN=C(NCCCOCC1CCOC1)NC1CC(=O)N(c2ccccc2)C1. The molecule has 2 aliphatic heterocycles. The average Bonchev–Trinajstić information content (AvgIpc) is 3.33. The van der Waals surface area contributed by atoms with Gasteiger partial charge in [0.2, 0.25) is 5.91 Å². The van der Waals surface area contributed by atoms with E-state index in [0.717, 1.165) is 57.5 Å². The fourth-order valence-electron chi connectivity index (χ4n) is 3.40. The molecule has 2 atom stereocenters. The summed E-state index contributed by atoms with van der Waals surface area (Å²) >= 11 is 0. The highest BCUT2D eigenvalue weighted by molar-refractivity contribution is 5.97. The van der Waals surface area contributed by atoms with Crippen molar-refractivity contribution >= 4 is 17.6 Å². The molecule has 3 rings (SSSR count). The number of benzene rings is 1. The molecule has 27 heavy (non-hydrogen) atoms. The molecule has 1 amide bonds. The molecule has 7 nitrogen and oxygen atoms in total. The molecule has 2 heterocycles. The number of para-hydroxylation sites is 1. The zero-order chi connectivity index (χ0) is 18.9. The van der Waals surface area contributed by atoms with Crippen molar-refractivity contribution in [2.75, 3.05) is 51.5 Å². The van der Waals surface area contributed by atoms with Gasteiger partial charge in [0.15, 0.2) is 5.96 Å². The summed E-state index contributed by atoms with van der Waals surface area (Å²) in [5, 5.41) is 6.65. The second kappa shape index (κ2) is 10.3. The van der Waals surface area contributed by atoms with Crippen molar-refractivity contribution in [3.05, 3.63) is 30.3 Å². The van der Waals surface area contributed by atoms with Crippen LogP contribution < -0.4 is 15.5 Å². The molecule has 1 aromatic carbocycles. The topological polar surface area (TPSA) is 75.2 Å². The second-order valence-corrected chi connectivity index (χ2v) is 7.04. The predicted octanol–water partition coefficient (Wildman–Crippen LogP) is 1.40. The van der Waals surface area contributed by atoms with Gasteiger partial charge in [0.25, 0.3) is 0 Å². The third-order valence-electron chi connectivity index (χ3n) is 4.89. The van der Waals surface area contributed by atoms with E-state index in [-0.39, 0.29) is 11.9 Å². The predicted molar refractivity (Wildman–Crippen MR) is 106 cm³/mol. The average molecular weight is 374 g/mol. The standard InChI is InChI=1S/C20H30N4O3/c1-21-20(22-9-5-10-26-14-16-8-11-27-15-16)23-17-12-19(25)24(13-17)18-6-3-2-4-7-18/h2-4,6-7,16-17H,5,8-15H2,1H3,(H2,21,22,23). The van der Waals surface area contributed by atoms with Crippen molar-refractivity contribution in [2.45, 2.75) is 25.3 Å². The number of guanidine groups is 1. The number of nitrogens with zero attached hydrogens (tertiary/aromatic N) is 2. The quantitative estimate of drug-likeness (QED) is 0.409. The highest BCUT2D eigenvalue weighted by atomic mass is 16.5. The minimum Gasteiger partial charge on any atom is -0.381 e. The monoisotopic (exact) mass is 374 g/mol. The molecule has 0 saturated carbocycles. The maximum Gasteiger partial charge on any atom is 0.229 e. The van der Waals surface area contributed by atoms with Crippen LogP contribution in [0.25, 0.3) is 0 Å². The number of rotatable bonds is 8. The van der Waals surface area contributed by atoms with E-state index in [9.17, 15) is 4.79 Å². The van der Waals surface area contributed by atoms with Crippen molar-refractivity contribution in [2.24, 2.45) is 10.9 Å². The van der Waals surface area contributed by atoms with Gasteiger partial charge >= 0.3 is 0 Å². The number of ether oxygens (including phenoxy) is 2. The molecule has 7 heteroatoms. The van der Waals surface area contributed by atoms with Crippen LogP contribution in [0.1, 0.15) is 19.3 Å². The van der Waals surface area contributed by atoms with Gasteiger partial charge in [0.05, 0.1) is 19.3 Å². The third-order valence-corrected chi connectivity index (χ3v) is 4.89. The molecular weight excluding hydrogens is 344 g/mol. The lowest BCUT2D eigenvalue weighted by Gasteiger charge is -2.19. The van der Waals surface area contributed by atoms with Crippen molar-refractivity contribution in [3.63, 3.8) is 0 Å². The maximum atomic E-state index is 12.3. The summed E-state index contributed by atoms with van der Waals surface area (Å²) in [5.74, 6) is 1.42. The van der Waals surface area contributed by atoms with Gasteiger partial charge in [0, 0.05) is 51.4 Å². The molecule has 0 aliphatic carbocycles. The molecule has 1 aromatic rings. The molecule has 0 radical (unpaired) electrons.